The number of rotatable bonds is 3. The summed E-state index contributed by atoms with van der Waals surface area (Å²) in [5.74, 6) is 0. The van der Waals surface area contributed by atoms with Crippen molar-refractivity contribution in [2.75, 3.05) is 19.6 Å². The predicted molar refractivity (Wildman–Crippen MR) is 62.0 cm³/mol. The normalized spacial score (nSPS) is 15.5. The fourth-order valence-electron chi connectivity index (χ4n) is 1.48. The van der Waals surface area contributed by atoms with Gasteiger partial charge in [0.1, 0.15) is 0 Å². The predicted octanol–water partition coefficient (Wildman–Crippen LogP) is 2.29. The van der Waals surface area contributed by atoms with E-state index in [-0.39, 0.29) is 0 Å². The lowest BCUT2D eigenvalue weighted by molar-refractivity contribution is 0.136. The number of carbonyl (C=O) groups is 1. The largest absolute Gasteiger partial charge is 0.465 e. The van der Waals surface area contributed by atoms with Gasteiger partial charge in [-0.1, -0.05) is 19.8 Å². The van der Waals surface area contributed by atoms with Gasteiger partial charge in [-0.3, -0.25) is 0 Å². The van der Waals surface area contributed by atoms with Gasteiger partial charge >= 0.3 is 6.09 Å². The molecule has 0 atom stereocenters. The van der Waals surface area contributed by atoms with Crippen LogP contribution in [0.15, 0.2) is 0 Å². The number of carboxylic acid groups (broad SMARTS) is 1. The number of unbranched alkanes of at least 4 members (excludes halogenated alkanes) is 2. The van der Waals surface area contributed by atoms with Crippen molar-refractivity contribution in [2.24, 2.45) is 5.73 Å². The fraction of sp³-hybridized carbons (Fsp3) is 0.909. The fourth-order valence-corrected chi connectivity index (χ4v) is 1.48. The van der Waals surface area contributed by atoms with E-state index in [1.165, 1.54) is 30.6 Å². The molecule has 1 fully saturated rings. The lowest BCUT2D eigenvalue weighted by Gasteiger charge is -2.22. The number of likely N-dealkylation sites (tertiary alicyclic amines) is 1. The Bertz CT molecular complexity index is 153. The molecule has 4 heteroatoms. The number of nitrogens with zero attached hydrogens (tertiary/aromatic N) is 1. The summed E-state index contributed by atoms with van der Waals surface area (Å²) >= 11 is 0. The van der Waals surface area contributed by atoms with E-state index in [0.29, 0.717) is 0 Å². The van der Waals surface area contributed by atoms with E-state index in [1.807, 2.05) is 0 Å². The minimum absolute atomic E-state index is 0.731. The van der Waals surface area contributed by atoms with Gasteiger partial charge in [0.25, 0.3) is 0 Å². The van der Waals surface area contributed by atoms with E-state index in [9.17, 15) is 4.79 Å². The van der Waals surface area contributed by atoms with Gasteiger partial charge in [-0.2, -0.15) is 0 Å². The van der Waals surface area contributed by atoms with Crippen LogP contribution in [0.1, 0.15) is 45.4 Å². The molecule has 0 aromatic carbocycles. The maximum atomic E-state index is 10.3. The average Bonchev–Trinajstić information content (AvgIpc) is 2.28. The van der Waals surface area contributed by atoms with Crippen molar-refractivity contribution in [1.82, 2.24) is 4.90 Å². The van der Waals surface area contributed by atoms with Crippen molar-refractivity contribution in [3.05, 3.63) is 0 Å². The van der Waals surface area contributed by atoms with Crippen LogP contribution in [-0.4, -0.2) is 35.7 Å². The van der Waals surface area contributed by atoms with Crippen LogP contribution in [-0.2, 0) is 0 Å². The van der Waals surface area contributed by atoms with Crippen molar-refractivity contribution >= 4 is 6.09 Å². The maximum absolute atomic E-state index is 10.3. The molecule has 0 aliphatic carbocycles. The van der Waals surface area contributed by atoms with E-state index >= 15 is 0 Å². The molecule has 1 aliphatic rings. The molecule has 1 aliphatic heterocycles. The highest BCUT2D eigenvalue weighted by Crippen LogP contribution is 2.07. The molecule has 0 radical (unpaired) electrons. The molecule has 1 saturated heterocycles. The lowest BCUT2D eigenvalue weighted by atomic mass is 10.1. The van der Waals surface area contributed by atoms with Crippen LogP contribution in [0.2, 0.25) is 0 Å². The summed E-state index contributed by atoms with van der Waals surface area (Å²) in [6.07, 6.45) is 6.24. The summed E-state index contributed by atoms with van der Waals surface area (Å²) in [5.41, 5.74) is 5.21. The molecule has 15 heavy (non-hydrogen) atoms. The molecule has 0 bridgehead atoms. The number of hydrogen-bond donors (Lipinski definition) is 2. The third-order valence-electron chi connectivity index (χ3n) is 2.43. The molecule has 1 rings (SSSR count). The molecule has 3 N–H and O–H groups in total. The lowest BCUT2D eigenvalue weighted by Crippen LogP contribution is -2.34. The third-order valence-corrected chi connectivity index (χ3v) is 2.43. The van der Waals surface area contributed by atoms with Crippen molar-refractivity contribution in [3.8, 4) is 0 Å². The molecule has 4 nitrogen and oxygen atoms in total. The second-order valence-electron chi connectivity index (χ2n) is 3.83. The monoisotopic (exact) mass is 216 g/mol. The Labute approximate surface area is 92.4 Å². The number of nitrogens with two attached hydrogens (primary N) is 1. The van der Waals surface area contributed by atoms with Gasteiger partial charge in [-0.25, -0.2) is 4.79 Å². The standard InChI is InChI=1S/C6H11NO2.C5H13N/c8-6(9)7-4-2-1-3-5-7;1-2-3-4-5-6/h1-5H2,(H,8,9);2-6H2,1H3. The van der Waals surface area contributed by atoms with E-state index in [4.69, 9.17) is 10.8 Å². The zero-order valence-electron chi connectivity index (χ0n) is 9.74. The first-order valence-corrected chi connectivity index (χ1v) is 5.90. The van der Waals surface area contributed by atoms with Gasteiger partial charge in [0.15, 0.2) is 0 Å². The second kappa shape index (κ2) is 9.77. The molecular weight excluding hydrogens is 192 g/mol. The van der Waals surface area contributed by atoms with Gasteiger partial charge < -0.3 is 15.7 Å². The molecule has 90 valence electrons. The molecule has 0 aromatic rings. The number of hydrogen-bond acceptors (Lipinski definition) is 2. The molecule has 1 amide bonds. The van der Waals surface area contributed by atoms with Gasteiger partial charge in [0.05, 0.1) is 0 Å². The Kier molecular flexibility index (Phi) is 9.27. The van der Waals surface area contributed by atoms with E-state index < -0.39 is 6.09 Å². The molecule has 0 spiro atoms. The maximum Gasteiger partial charge on any atom is 0.407 e. The summed E-state index contributed by atoms with van der Waals surface area (Å²) in [7, 11) is 0. The number of amides is 1. The van der Waals surface area contributed by atoms with Crippen LogP contribution < -0.4 is 5.73 Å². The highest BCUT2D eigenvalue weighted by Gasteiger charge is 2.13. The van der Waals surface area contributed by atoms with Crippen molar-refractivity contribution < 1.29 is 9.90 Å². The van der Waals surface area contributed by atoms with Crippen LogP contribution in [0.4, 0.5) is 4.79 Å². The van der Waals surface area contributed by atoms with Crippen LogP contribution in [0.3, 0.4) is 0 Å². The summed E-state index contributed by atoms with van der Waals surface area (Å²) in [6, 6.07) is 0. The van der Waals surface area contributed by atoms with Crippen molar-refractivity contribution in [1.29, 1.82) is 0 Å². The minimum Gasteiger partial charge on any atom is -0.465 e. The molecule has 0 saturated carbocycles. The Morgan fingerprint density at radius 1 is 1.27 bits per heavy atom. The quantitative estimate of drug-likeness (QED) is 0.711. The average molecular weight is 216 g/mol. The van der Waals surface area contributed by atoms with E-state index in [1.54, 1.807) is 0 Å². The first kappa shape index (κ1) is 14.2. The Hall–Kier alpha value is -0.770. The van der Waals surface area contributed by atoms with Gasteiger partial charge in [-0.15, -0.1) is 0 Å². The van der Waals surface area contributed by atoms with Crippen molar-refractivity contribution in [2.45, 2.75) is 45.4 Å². The summed E-state index contributed by atoms with van der Waals surface area (Å²) in [4.78, 5) is 11.8. The summed E-state index contributed by atoms with van der Waals surface area (Å²) in [6.45, 7) is 4.49. The zero-order chi connectivity index (χ0) is 11.5. The highest BCUT2D eigenvalue weighted by molar-refractivity contribution is 5.64. The molecule has 0 aromatic heterocycles. The van der Waals surface area contributed by atoms with Crippen molar-refractivity contribution in [3.63, 3.8) is 0 Å². The van der Waals surface area contributed by atoms with E-state index in [0.717, 1.165) is 32.5 Å². The van der Waals surface area contributed by atoms with Crippen LogP contribution in [0.25, 0.3) is 0 Å². The summed E-state index contributed by atoms with van der Waals surface area (Å²) < 4.78 is 0. The first-order chi connectivity index (χ1) is 7.22. The Morgan fingerprint density at radius 3 is 2.13 bits per heavy atom. The summed E-state index contributed by atoms with van der Waals surface area (Å²) in [5, 5.41) is 8.46. The van der Waals surface area contributed by atoms with E-state index in [2.05, 4.69) is 6.92 Å². The molecule has 0 unspecified atom stereocenters. The molecular formula is C11H24N2O2. The smallest absolute Gasteiger partial charge is 0.407 e. The SMILES string of the molecule is CCCCCN.O=C(O)N1CCCCC1. The molecule has 1 heterocycles. The number of piperidine rings is 1. The Morgan fingerprint density at radius 2 is 1.87 bits per heavy atom. The van der Waals surface area contributed by atoms with Gasteiger partial charge in [0, 0.05) is 13.1 Å². The third kappa shape index (κ3) is 8.24. The first-order valence-electron chi connectivity index (χ1n) is 5.90. The minimum atomic E-state index is -0.769. The topological polar surface area (TPSA) is 66.6 Å². The highest BCUT2D eigenvalue weighted by atomic mass is 16.4. The van der Waals surface area contributed by atoms with Crippen LogP contribution >= 0.6 is 0 Å². The van der Waals surface area contributed by atoms with Crippen LogP contribution in [0, 0.1) is 0 Å². The van der Waals surface area contributed by atoms with Gasteiger partial charge in [0.2, 0.25) is 0 Å². The van der Waals surface area contributed by atoms with Gasteiger partial charge in [-0.05, 0) is 32.2 Å². The zero-order valence-corrected chi connectivity index (χ0v) is 9.74. The van der Waals surface area contributed by atoms with Crippen LogP contribution in [0.5, 0.6) is 0 Å². The Balaban J connectivity index is 0.000000288. The second-order valence-corrected chi connectivity index (χ2v) is 3.83.